The summed E-state index contributed by atoms with van der Waals surface area (Å²) >= 11 is 0. The molecule has 1 fully saturated rings. The van der Waals surface area contributed by atoms with Gasteiger partial charge in [0, 0.05) is 24.5 Å². The van der Waals surface area contributed by atoms with Crippen molar-refractivity contribution in [1.82, 2.24) is 25.1 Å². The molecule has 1 aromatic rings. The molecular formula is C14H28N6. The lowest BCUT2D eigenvalue weighted by molar-refractivity contribution is 0.0557. The first-order chi connectivity index (χ1) is 9.64. The van der Waals surface area contributed by atoms with Crippen molar-refractivity contribution in [3.05, 3.63) is 12.2 Å². The van der Waals surface area contributed by atoms with Crippen molar-refractivity contribution in [3.8, 4) is 0 Å². The zero-order valence-corrected chi connectivity index (χ0v) is 13.0. The predicted octanol–water partition coefficient (Wildman–Crippen LogP) is 0.937. The summed E-state index contributed by atoms with van der Waals surface area (Å²) in [5.41, 5.74) is 3.18. The van der Waals surface area contributed by atoms with Gasteiger partial charge in [-0.3, -0.25) is 16.0 Å². The number of aryl methyl sites for hydroxylation is 1. The molecular weight excluding hydrogens is 252 g/mol. The molecule has 1 atom stereocenters. The summed E-state index contributed by atoms with van der Waals surface area (Å²) in [4.78, 5) is 6.75. The summed E-state index contributed by atoms with van der Waals surface area (Å²) in [6.07, 6.45) is 8.72. The van der Waals surface area contributed by atoms with Crippen molar-refractivity contribution in [2.45, 2.75) is 63.6 Å². The highest BCUT2D eigenvalue weighted by molar-refractivity contribution is 5.04. The van der Waals surface area contributed by atoms with Gasteiger partial charge in [0.15, 0.2) is 0 Å². The Balaban J connectivity index is 2.20. The van der Waals surface area contributed by atoms with Gasteiger partial charge in [-0.15, -0.1) is 0 Å². The van der Waals surface area contributed by atoms with E-state index in [1.54, 1.807) is 6.33 Å². The maximum atomic E-state index is 5.90. The molecule has 3 N–H and O–H groups in total. The summed E-state index contributed by atoms with van der Waals surface area (Å²) < 4.78 is 1.95. The molecule has 0 aliphatic heterocycles. The fourth-order valence-corrected chi connectivity index (χ4v) is 3.57. The number of likely N-dealkylation sites (N-methyl/N-ethyl adjacent to an activating group) is 1. The van der Waals surface area contributed by atoms with E-state index < -0.39 is 0 Å². The second-order valence-electron chi connectivity index (χ2n) is 5.97. The quantitative estimate of drug-likeness (QED) is 0.599. The van der Waals surface area contributed by atoms with E-state index in [2.05, 4.69) is 41.4 Å². The van der Waals surface area contributed by atoms with Gasteiger partial charge in [0.25, 0.3) is 0 Å². The van der Waals surface area contributed by atoms with Gasteiger partial charge < -0.3 is 4.90 Å². The second-order valence-corrected chi connectivity index (χ2v) is 5.97. The summed E-state index contributed by atoms with van der Waals surface area (Å²) in [6, 6.07) is 0.201. The topological polar surface area (TPSA) is 72.0 Å². The normalized spacial score (nSPS) is 20.2. The molecule has 1 aliphatic carbocycles. The highest BCUT2D eigenvalue weighted by Gasteiger charge is 2.41. The van der Waals surface area contributed by atoms with Crippen LogP contribution in [0, 0.1) is 0 Å². The van der Waals surface area contributed by atoms with E-state index in [1.807, 2.05) is 4.68 Å². The van der Waals surface area contributed by atoms with Crippen LogP contribution in [0.5, 0.6) is 0 Å². The van der Waals surface area contributed by atoms with E-state index in [1.165, 1.54) is 32.1 Å². The number of aromatic nitrogens is 3. The van der Waals surface area contributed by atoms with Gasteiger partial charge in [-0.25, -0.2) is 4.98 Å². The third-order valence-corrected chi connectivity index (χ3v) is 4.84. The standard InChI is InChI=1S/C14H28N6/c1-4-20-13(16-11-17-20)10-12(18-15)14(19(2)3)8-6-5-7-9-14/h11-12,18H,4-10,15H2,1-3H3. The molecule has 20 heavy (non-hydrogen) atoms. The summed E-state index contributed by atoms with van der Waals surface area (Å²) in [7, 11) is 4.33. The van der Waals surface area contributed by atoms with Crippen LogP contribution in [-0.4, -0.2) is 45.3 Å². The van der Waals surface area contributed by atoms with E-state index in [-0.39, 0.29) is 11.6 Å². The molecule has 1 aliphatic rings. The third-order valence-electron chi connectivity index (χ3n) is 4.84. The Bertz CT molecular complexity index is 408. The molecule has 6 nitrogen and oxygen atoms in total. The highest BCUT2D eigenvalue weighted by Crippen LogP contribution is 2.35. The fourth-order valence-electron chi connectivity index (χ4n) is 3.57. The summed E-state index contributed by atoms with van der Waals surface area (Å²) in [6.45, 7) is 2.94. The second kappa shape index (κ2) is 6.65. The smallest absolute Gasteiger partial charge is 0.138 e. The molecule has 0 spiro atoms. The minimum atomic E-state index is 0.123. The molecule has 0 amide bonds. The van der Waals surface area contributed by atoms with Gasteiger partial charge in [-0.1, -0.05) is 19.3 Å². The molecule has 1 saturated carbocycles. The number of rotatable bonds is 6. The van der Waals surface area contributed by atoms with Gasteiger partial charge in [0.1, 0.15) is 12.2 Å². The molecule has 0 saturated heterocycles. The fraction of sp³-hybridized carbons (Fsp3) is 0.857. The van der Waals surface area contributed by atoms with Crippen molar-refractivity contribution < 1.29 is 0 Å². The lowest BCUT2D eigenvalue weighted by atomic mass is 9.74. The van der Waals surface area contributed by atoms with E-state index >= 15 is 0 Å². The molecule has 6 heteroatoms. The first kappa shape index (κ1) is 15.4. The summed E-state index contributed by atoms with van der Waals surface area (Å²) in [5, 5.41) is 4.26. The van der Waals surface area contributed by atoms with Crippen LogP contribution in [0.3, 0.4) is 0 Å². The van der Waals surface area contributed by atoms with Crippen molar-refractivity contribution >= 4 is 0 Å². The van der Waals surface area contributed by atoms with Crippen LogP contribution >= 0.6 is 0 Å². The third kappa shape index (κ3) is 2.87. The van der Waals surface area contributed by atoms with Crippen molar-refractivity contribution in [2.24, 2.45) is 5.84 Å². The maximum Gasteiger partial charge on any atom is 0.138 e. The zero-order valence-electron chi connectivity index (χ0n) is 13.0. The SMILES string of the molecule is CCn1ncnc1CC(NN)C1(N(C)C)CCCCC1. The monoisotopic (exact) mass is 280 g/mol. The molecule has 1 heterocycles. The first-order valence-corrected chi connectivity index (χ1v) is 7.64. The van der Waals surface area contributed by atoms with Gasteiger partial charge >= 0.3 is 0 Å². The van der Waals surface area contributed by atoms with Crippen LogP contribution in [0.15, 0.2) is 6.33 Å². The number of nitrogens with one attached hydrogen (secondary N) is 1. The average molecular weight is 280 g/mol. The highest BCUT2D eigenvalue weighted by atomic mass is 15.3. The van der Waals surface area contributed by atoms with Gasteiger partial charge in [-0.2, -0.15) is 5.10 Å². The van der Waals surface area contributed by atoms with Crippen molar-refractivity contribution in [3.63, 3.8) is 0 Å². The molecule has 0 radical (unpaired) electrons. The number of hydrogen-bond acceptors (Lipinski definition) is 5. The van der Waals surface area contributed by atoms with Gasteiger partial charge in [-0.05, 0) is 33.9 Å². The van der Waals surface area contributed by atoms with Crippen LogP contribution in [0.2, 0.25) is 0 Å². The lowest BCUT2D eigenvalue weighted by Crippen LogP contribution is -2.62. The van der Waals surface area contributed by atoms with E-state index in [0.29, 0.717) is 0 Å². The van der Waals surface area contributed by atoms with E-state index in [9.17, 15) is 0 Å². The lowest BCUT2D eigenvalue weighted by Gasteiger charge is -2.48. The Hall–Kier alpha value is -0.980. The number of hydrazine groups is 1. The number of nitrogens with zero attached hydrogens (tertiary/aromatic N) is 4. The van der Waals surface area contributed by atoms with E-state index in [4.69, 9.17) is 5.84 Å². The average Bonchev–Trinajstić information content (AvgIpc) is 2.92. The zero-order chi connectivity index (χ0) is 14.6. The minimum Gasteiger partial charge on any atom is -0.302 e. The molecule has 0 aromatic carbocycles. The van der Waals surface area contributed by atoms with Crippen LogP contribution in [0.25, 0.3) is 0 Å². The van der Waals surface area contributed by atoms with Crippen LogP contribution in [-0.2, 0) is 13.0 Å². The maximum absolute atomic E-state index is 5.90. The molecule has 114 valence electrons. The van der Waals surface area contributed by atoms with Crippen LogP contribution in [0.1, 0.15) is 44.9 Å². The molecule has 0 bridgehead atoms. The predicted molar refractivity (Wildman–Crippen MR) is 80.0 cm³/mol. The van der Waals surface area contributed by atoms with Crippen LogP contribution in [0.4, 0.5) is 0 Å². The van der Waals surface area contributed by atoms with Crippen LogP contribution < -0.4 is 11.3 Å². The molecule has 1 unspecified atom stereocenters. The van der Waals surface area contributed by atoms with E-state index in [0.717, 1.165) is 18.8 Å². The number of hydrogen-bond donors (Lipinski definition) is 2. The Morgan fingerprint density at radius 1 is 1.40 bits per heavy atom. The molecule has 2 rings (SSSR count). The first-order valence-electron chi connectivity index (χ1n) is 7.64. The van der Waals surface area contributed by atoms with Crippen molar-refractivity contribution in [1.29, 1.82) is 0 Å². The Labute approximate surface area is 121 Å². The van der Waals surface area contributed by atoms with Crippen molar-refractivity contribution in [2.75, 3.05) is 14.1 Å². The Kier molecular flexibility index (Phi) is 5.12. The summed E-state index contributed by atoms with van der Waals surface area (Å²) in [5.74, 6) is 6.92. The largest absolute Gasteiger partial charge is 0.302 e. The minimum absolute atomic E-state index is 0.123. The Morgan fingerprint density at radius 2 is 2.10 bits per heavy atom. The molecule has 1 aromatic heterocycles. The Morgan fingerprint density at radius 3 is 2.65 bits per heavy atom. The van der Waals surface area contributed by atoms with Gasteiger partial charge in [0.05, 0.1) is 0 Å². The van der Waals surface area contributed by atoms with Gasteiger partial charge in [0.2, 0.25) is 0 Å². The number of nitrogens with two attached hydrogens (primary N) is 1.